The van der Waals surface area contributed by atoms with E-state index >= 15 is 0 Å². The first-order chi connectivity index (χ1) is 13.1. The van der Waals surface area contributed by atoms with Crippen molar-refractivity contribution in [2.24, 2.45) is 0 Å². The average molecular weight is 383 g/mol. The minimum Gasteiger partial charge on any atom is -0.485 e. The van der Waals surface area contributed by atoms with Gasteiger partial charge in [-0.1, -0.05) is 17.3 Å². The molecule has 4 rings (SSSR count). The van der Waals surface area contributed by atoms with Crippen molar-refractivity contribution in [3.8, 4) is 5.75 Å². The number of aryl methyl sites for hydroxylation is 2. The molecule has 0 bridgehead atoms. The summed E-state index contributed by atoms with van der Waals surface area (Å²) in [7, 11) is 0. The number of amides is 1. The Kier molecular flexibility index (Phi) is 4.94. The third-order valence-corrected chi connectivity index (χ3v) is 5.62. The number of rotatable bonds is 5. The third kappa shape index (κ3) is 3.73. The number of thiazole rings is 1. The minimum absolute atomic E-state index is 0.0313. The van der Waals surface area contributed by atoms with Crippen LogP contribution in [0.4, 0.5) is 0 Å². The standard InChI is InChI=1S/C20H21N3O3S/c1-13-5-6-14(2)18(10-13)25-12-15-11-16(22-26-15)20(24)23-8-3-4-17(23)19-21-7-9-27-19/h5-7,9-11,17H,3-4,8,12H2,1-2H3. The van der Waals surface area contributed by atoms with Crippen molar-refractivity contribution in [3.63, 3.8) is 0 Å². The lowest BCUT2D eigenvalue weighted by Crippen LogP contribution is -2.30. The van der Waals surface area contributed by atoms with E-state index in [-0.39, 0.29) is 18.6 Å². The predicted octanol–water partition coefficient (Wildman–Crippen LogP) is 4.30. The van der Waals surface area contributed by atoms with Gasteiger partial charge in [0.05, 0.1) is 6.04 Å². The molecule has 2 aromatic heterocycles. The van der Waals surface area contributed by atoms with Crippen molar-refractivity contribution in [2.45, 2.75) is 39.3 Å². The topological polar surface area (TPSA) is 68.5 Å². The summed E-state index contributed by atoms with van der Waals surface area (Å²) in [5, 5.41) is 6.88. The van der Waals surface area contributed by atoms with Gasteiger partial charge in [0.1, 0.15) is 17.4 Å². The summed E-state index contributed by atoms with van der Waals surface area (Å²) >= 11 is 1.58. The van der Waals surface area contributed by atoms with E-state index < -0.39 is 0 Å². The number of aromatic nitrogens is 2. The fourth-order valence-corrected chi connectivity index (χ4v) is 4.09. The van der Waals surface area contributed by atoms with Gasteiger partial charge in [0, 0.05) is 24.2 Å². The zero-order chi connectivity index (χ0) is 18.8. The van der Waals surface area contributed by atoms with Crippen LogP contribution in [0, 0.1) is 13.8 Å². The fraction of sp³-hybridized carbons (Fsp3) is 0.350. The molecule has 0 spiro atoms. The monoisotopic (exact) mass is 383 g/mol. The molecular formula is C20H21N3O3S. The number of hydrogen-bond acceptors (Lipinski definition) is 6. The molecule has 1 atom stereocenters. The Morgan fingerprint density at radius 2 is 2.26 bits per heavy atom. The van der Waals surface area contributed by atoms with Gasteiger partial charge in [-0.05, 0) is 43.9 Å². The van der Waals surface area contributed by atoms with Gasteiger partial charge >= 0.3 is 0 Å². The molecule has 3 aromatic rings. The molecular weight excluding hydrogens is 362 g/mol. The number of likely N-dealkylation sites (tertiary alicyclic amines) is 1. The molecule has 1 saturated heterocycles. The van der Waals surface area contributed by atoms with Crippen LogP contribution in [-0.4, -0.2) is 27.5 Å². The smallest absolute Gasteiger partial charge is 0.276 e. The molecule has 140 valence electrons. The summed E-state index contributed by atoms with van der Waals surface area (Å²) in [5.74, 6) is 1.22. The van der Waals surface area contributed by atoms with E-state index in [9.17, 15) is 4.79 Å². The first kappa shape index (κ1) is 17.7. The Morgan fingerprint density at radius 1 is 1.37 bits per heavy atom. The predicted molar refractivity (Wildman–Crippen MR) is 102 cm³/mol. The van der Waals surface area contributed by atoms with E-state index in [2.05, 4.69) is 10.1 Å². The van der Waals surface area contributed by atoms with Crippen LogP contribution in [-0.2, 0) is 6.61 Å². The quantitative estimate of drug-likeness (QED) is 0.657. The summed E-state index contributed by atoms with van der Waals surface area (Å²) in [5.41, 5.74) is 2.50. The highest BCUT2D eigenvalue weighted by molar-refractivity contribution is 7.09. The molecule has 1 aliphatic heterocycles. The van der Waals surface area contributed by atoms with Crippen LogP contribution in [0.15, 0.2) is 40.4 Å². The lowest BCUT2D eigenvalue weighted by molar-refractivity contribution is 0.0724. The van der Waals surface area contributed by atoms with Crippen molar-refractivity contribution in [1.82, 2.24) is 15.0 Å². The highest BCUT2D eigenvalue weighted by atomic mass is 32.1. The second-order valence-corrected chi connectivity index (χ2v) is 7.69. The Bertz CT molecular complexity index is 936. The Labute approximate surface area is 161 Å². The van der Waals surface area contributed by atoms with Crippen molar-refractivity contribution >= 4 is 17.2 Å². The summed E-state index contributed by atoms with van der Waals surface area (Å²) in [4.78, 5) is 19.1. The molecule has 6 nitrogen and oxygen atoms in total. The zero-order valence-corrected chi connectivity index (χ0v) is 16.2. The summed E-state index contributed by atoms with van der Waals surface area (Å²) in [6, 6.07) is 7.75. The van der Waals surface area contributed by atoms with E-state index in [1.54, 1.807) is 23.6 Å². The number of carbonyl (C=O) groups is 1. The Morgan fingerprint density at radius 3 is 3.07 bits per heavy atom. The van der Waals surface area contributed by atoms with Crippen molar-refractivity contribution in [2.75, 3.05) is 6.54 Å². The lowest BCUT2D eigenvalue weighted by Gasteiger charge is -2.21. The van der Waals surface area contributed by atoms with Gasteiger partial charge in [-0.15, -0.1) is 11.3 Å². The van der Waals surface area contributed by atoms with Crippen LogP contribution < -0.4 is 4.74 Å². The number of hydrogen-bond donors (Lipinski definition) is 0. The van der Waals surface area contributed by atoms with Crippen LogP contribution in [0.5, 0.6) is 5.75 Å². The number of carbonyl (C=O) groups excluding carboxylic acids is 1. The maximum absolute atomic E-state index is 12.9. The molecule has 7 heteroatoms. The van der Waals surface area contributed by atoms with Crippen molar-refractivity contribution < 1.29 is 14.1 Å². The molecule has 1 unspecified atom stereocenters. The molecule has 1 amide bonds. The zero-order valence-electron chi connectivity index (χ0n) is 15.3. The van der Waals surface area contributed by atoms with E-state index in [1.165, 1.54) is 0 Å². The largest absolute Gasteiger partial charge is 0.485 e. The van der Waals surface area contributed by atoms with Gasteiger partial charge < -0.3 is 14.2 Å². The molecule has 0 radical (unpaired) electrons. The highest BCUT2D eigenvalue weighted by Gasteiger charge is 2.33. The van der Waals surface area contributed by atoms with Gasteiger partial charge in [0.25, 0.3) is 5.91 Å². The average Bonchev–Trinajstić information content (AvgIpc) is 3.41. The summed E-state index contributed by atoms with van der Waals surface area (Å²) < 4.78 is 11.2. The van der Waals surface area contributed by atoms with Gasteiger partial charge in [-0.25, -0.2) is 4.98 Å². The lowest BCUT2D eigenvalue weighted by atomic mass is 10.1. The number of nitrogens with zero attached hydrogens (tertiary/aromatic N) is 3. The van der Waals surface area contributed by atoms with Crippen LogP contribution in [0.1, 0.15) is 51.3 Å². The van der Waals surface area contributed by atoms with E-state index in [4.69, 9.17) is 9.26 Å². The molecule has 0 N–H and O–H groups in total. The third-order valence-electron chi connectivity index (χ3n) is 4.74. The number of benzene rings is 1. The fourth-order valence-electron chi connectivity index (χ4n) is 3.31. The SMILES string of the molecule is Cc1ccc(C)c(OCc2cc(C(=O)N3CCCC3c3nccs3)no2)c1. The van der Waals surface area contributed by atoms with Crippen LogP contribution in [0.3, 0.4) is 0 Å². The molecule has 1 fully saturated rings. The minimum atomic E-state index is -0.116. The first-order valence-corrected chi connectivity index (χ1v) is 9.86. The molecule has 3 heterocycles. The molecule has 27 heavy (non-hydrogen) atoms. The van der Waals surface area contributed by atoms with Gasteiger partial charge in [0.15, 0.2) is 11.5 Å². The Hall–Kier alpha value is -2.67. The van der Waals surface area contributed by atoms with Crippen LogP contribution in [0.2, 0.25) is 0 Å². The second-order valence-electron chi connectivity index (χ2n) is 6.76. The first-order valence-electron chi connectivity index (χ1n) is 8.98. The molecule has 0 aliphatic carbocycles. The second kappa shape index (κ2) is 7.52. The normalized spacial score (nSPS) is 16.7. The summed E-state index contributed by atoms with van der Waals surface area (Å²) in [6.45, 7) is 4.97. The molecule has 1 aromatic carbocycles. The number of ether oxygens (including phenoxy) is 1. The summed E-state index contributed by atoms with van der Waals surface area (Å²) in [6.07, 6.45) is 3.68. The van der Waals surface area contributed by atoms with E-state index in [0.717, 1.165) is 34.7 Å². The van der Waals surface area contributed by atoms with E-state index in [0.29, 0.717) is 18.0 Å². The van der Waals surface area contributed by atoms with E-state index in [1.807, 2.05) is 42.3 Å². The van der Waals surface area contributed by atoms with Gasteiger partial charge in [-0.3, -0.25) is 4.79 Å². The maximum atomic E-state index is 12.9. The van der Waals surface area contributed by atoms with Crippen molar-refractivity contribution in [1.29, 1.82) is 0 Å². The molecule has 1 aliphatic rings. The highest BCUT2D eigenvalue weighted by Crippen LogP contribution is 2.34. The van der Waals surface area contributed by atoms with Gasteiger partial charge in [-0.2, -0.15) is 0 Å². The van der Waals surface area contributed by atoms with Crippen molar-refractivity contribution in [3.05, 3.63) is 63.4 Å². The molecule has 0 saturated carbocycles. The van der Waals surface area contributed by atoms with Gasteiger partial charge in [0.2, 0.25) is 0 Å². The Balaban J connectivity index is 1.44. The van der Waals surface area contributed by atoms with Crippen LogP contribution >= 0.6 is 11.3 Å². The van der Waals surface area contributed by atoms with Crippen LogP contribution in [0.25, 0.3) is 0 Å². The maximum Gasteiger partial charge on any atom is 0.276 e.